The van der Waals surface area contributed by atoms with Gasteiger partial charge in [0.15, 0.2) is 5.76 Å². The van der Waals surface area contributed by atoms with Crippen molar-refractivity contribution in [2.45, 2.75) is 25.8 Å². The average molecular weight is 293 g/mol. The highest BCUT2D eigenvalue weighted by Crippen LogP contribution is 2.16. The van der Waals surface area contributed by atoms with Crippen LogP contribution in [0.5, 0.6) is 0 Å². The third-order valence-corrected chi connectivity index (χ3v) is 3.09. The molecule has 0 saturated heterocycles. The molecule has 2 rings (SSSR count). The lowest BCUT2D eigenvalue weighted by Crippen LogP contribution is -2.40. The molecule has 1 atom stereocenters. The van der Waals surface area contributed by atoms with Gasteiger partial charge in [0.25, 0.3) is 0 Å². The van der Waals surface area contributed by atoms with Gasteiger partial charge in [0, 0.05) is 19.9 Å². The number of carboxylic acids is 1. The highest BCUT2D eigenvalue weighted by Gasteiger charge is 2.22. The van der Waals surface area contributed by atoms with Gasteiger partial charge in [-0.25, -0.2) is 4.79 Å². The summed E-state index contributed by atoms with van der Waals surface area (Å²) in [5, 5.41) is 12.6. The van der Waals surface area contributed by atoms with E-state index in [0.717, 1.165) is 0 Å². The topological polar surface area (TPSA) is 110 Å². The first kappa shape index (κ1) is 14.8. The van der Waals surface area contributed by atoms with Crippen LogP contribution < -0.4 is 0 Å². The zero-order valence-electron chi connectivity index (χ0n) is 11.6. The highest BCUT2D eigenvalue weighted by molar-refractivity contribution is 5.83. The van der Waals surface area contributed by atoms with E-state index >= 15 is 0 Å². The first-order chi connectivity index (χ1) is 9.99. The third-order valence-electron chi connectivity index (χ3n) is 3.09. The number of amides is 1. The molecule has 1 amide bonds. The molecule has 2 aromatic rings. The molecule has 8 heteroatoms. The summed E-state index contributed by atoms with van der Waals surface area (Å²) in [5.74, 6) is -0.264. The van der Waals surface area contributed by atoms with Crippen LogP contribution in [-0.2, 0) is 16.0 Å². The number of hydrogen-bond acceptors (Lipinski definition) is 6. The highest BCUT2D eigenvalue weighted by atomic mass is 16.5. The summed E-state index contributed by atoms with van der Waals surface area (Å²) in [6, 6.07) is 2.53. The first-order valence-corrected chi connectivity index (χ1v) is 6.34. The van der Waals surface area contributed by atoms with Crippen molar-refractivity contribution < 1.29 is 23.6 Å². The number of aliphatic carboxylic acids is 1. The molecule has 1 unspecified atom stereocenters. The van der Waals surface area contributed by atoms with Gasteiger partial charge in [0.1, 0.15) is 6.04 Å². The zero-order valence-corrected chi connectivity index (χ0v) is 11.6. The van der Waals surface area contributed by atoms with Crippen molar-refractivity contribution in [2.24, 2.45) is 0 Å². The predicted molar refractivity (Wildman–Crippen MR) is 70.2 cm³/mol. The summed E-state index contributed by atoms with van der Waals surface area (Å²) in [5.41, 5.74) is 0. The summed E-state index contributed by atoms with van der Waals surface area (Å²) in [6.07, 6.45) is 1.83. The van der Waals surface area contributed by atoms with Gasteiger partial charge in [-0.3, -0.25) is 4.79 Å². The molecule has 0 radical (unpaired) electrons. The fourth-order valence-electron chi connectivity index (χ4n) is 1.63. The molecular formula is C13H15N3O5. The standard InChI is InChI=1S/C13H15N3O5/c1-8(13(18)19)16(2)11(17)6-5-10-14-12(15-21-10)9-4-3-7-20-9/h3-4,7-8H,5-6H2,1-2H3,(H,18,19). The summed E-state index contributed by atoms with van der Waals surface area (Å²) in [6.45, 7) is 1.45. The third kappa shape index (κ3) is 3.47. The molecule has 0 aromatic carbocycles. The van der Waals surface area contributed by atoms with E-state index in [0.29, 0.717) is 17.5 Å². The Morgan fingerprint density at radius 1 is 1.48 bits per heavy atom. The second kappa shape index (κ2) is 6.21. The fourth-order valence-corrected chi connectivity index (χ4v) is 1.63. The minimum Gasteiger partial charge on any atom is -0.480 e. The van der Waals surface area contributed by atoms with Crippen LogP contribution in [0.25, 0.3) is 11.6 Å². The molecule has 112 valence electrons. The molecule has 0 aliphatic heterocycles. The molecule has 21 heavy (non-hydrogen) atoms. The molecule has 2 heterocycles. The number of furan rings is 1. The van der Waals surface area contributed by atoms with E-state index in [9.17, 15) is 9.59 Å². The Morgan fingerprint density at radius 2 is 2.24 bits per heavy atom. The maximum atomic E-state index is 11.9. The Hall–Kier alpha value is -2.64. The lowest BCUT2D eigenvalue weighted by Gasteiger charge is -2.20. The quantitative estimate of drug-likeness (QED) is 0.851. The van der Waals surface area contributed by atoms with Crippen LogP contribution in [0.4, 0.5) is 0 Å². The molecular weight excluding hydrogens is 278 g/mol. The van der Waals surface area contributed by atoms with Gasteiger partial charge >= 0.3 is 5.97 Å². The van der Waals surface area contributed by atoms with Crippen molar-refractivity contribution in [1.29, 1.82) is 0 Å². The Labute approximate surface area is 120 Å². The normalized spacial score (nSPS) is 12.1. The monoisotopic (exact) mass is 293 g/mol. The van der Waals surface area contributed by atoms with Crippen molar-refractivity contribution in [3.8, 4) is 11.6 Å². The van der Waals surface area contributed by atoms with Gasteiger partial charge in [-0.1, -0.05) is 5.16 Å². The van der Waals surface area contributed by atoms with Crippen molar-refractivity contribution in [2.75, 3.05) is 7.05 Å². The molecule has 0 saturated carbocycles. The van der Waals surface area contributed by atoms with E-state index in [1.807, 2.05) is 0 Å². The largest absolute Gasteiger partial charge is 0.480 e. The number of aromatic nitrogens is 2. The Bertz CT molecular complexity index is 620. The summed E-state index contributed by atoms with van der Waals surface area (Å²) < 4.78 is 10.1. The van der Waals surface area contributed by atoms with Gasteiger partial charge in [-0.15, -0.1) is 0 Å². The maximum Gasteiger partial charge on any atom is 0.326 e. The maximum absolute atomic E-state index is 11.9. The number of carbonyl (C=O) groups excluding carboxylic acids is 1. The summed E-state index contributed by atoms with van der Waals surface area (Å²) >= 11 is 0. The molecule has 0 spiro atoms. The van der Waals surface area contributed by atoms with Gasteiger partial charge in [-0.05, 0) is 19.1 Å². The Kier molecular flexibility index (Phi) is 4.36. The lowest BCUT2D eigenvalue weighted by molar-refractivity contribution is -0.148. The lowest BCUT2D eigenvalue weighted by atomic mass is 10.2. The number of hydrogen-bond donors (Lipinski definition) is 1. The van der Waals surface area contributed by atoms with E-state index in [2.05, 4.69) is 10.1 Å². The number of carboxylic acid groups (broad SMARTS) is 1. The second-order valence-electron chi connectivity index (χ2n) is 4.51. The molecule has 0 aliphatic rings. The number of likely N-dealkylation sites (N-methyl/N-ethyl adjacent to an activating group) is 1. The van der Waals surface area contributed by atoms with E-state index < -0.39 is 12.0 Å². The van der Waals surface area contributed by atoms with Crippen LogP contribution >= 0.6 is 0 Å². The van der Waals surface area contributed by atoms with Crippen LogP contribution in [-0.4, -0.2) is 45.1 Å². The molecule has 0 bridgehead atoms. The minimum atomic E-state index is -1.05. The van der Waals surface area contributed by atoms with Gasteiger partial charge in [-0.2, -0.15) is 4.98 Å². The van der Waals surface area contributed by atoms with Crippen molar-refractivity contribution >= 4 is 11.9 Å². The molecule has 1 N–H and O–H groups in total. The molecule has 0 aliphatic carbocycles. The van der Waals surface area contributed by atoms with Crippen LogP contribution in [0.3, 0.4) is 0 Å². The number of rotatable bonds is 6. The fraction of sp³-hybridized carbons (Fsp3) is 0.385. The van der Waals surface area contributed by atoms with Crippen LogP contribution in [0, 0.1) is 0 Å². The predicted octanol–water partition coefficient (Wildman–Crippen LogP) is 1.19. The smallest absolute Gasteiger partial charge is 0.326 e. The number of nitrogens with zero attached hydrogens (tertiary/aromatic N) is 3. The number of aryl methyl sites for hydroxylation is 1. The minimum absolute atomic E-state index is 0.0912. The van der Waals surface area contributed by atoms with Crippen molar-refractivity contribution in [3.63, 3.8) is 0 Å². The average Bonchev–Trinajstić information content (AvgIpc) is 3.13. The van der Waals surface area contributed by atoms with E-state index in [-0.39, 0.29) is 18.7 Å². The van der Waals surface area contributed by atoms with Crippen molar-refractivity contribution in [1.82, 2.24) is 15.0 Å². The molecule has 2 aromatic heterocycles. The van der Waals surface area contributed by atoms with Gasteiger partial charge < -0.3 is 18.9 Å². The van der Waals surface area contributed by atoms with Crippen LogP contribution in [0.15, 0.2) is 27.3 Å². The van der Waals surface area contributed by atoms with Crippen molar-refractivity contribution in [3.05, 3.63) is 24.3 Å². The zero-order chi connectivity index (χ0) is 15.4. The van der Waals surface area contributed by atoms with Gasteiger partial charge in [0.05, 0.1) is 6.26 Å². The summed E-state index contributed by atoms with van der Waals surface area (Å²) in [4.78, 5) is 27.9. The van der Waals surface area contributed by atoms with Crippen LogP contribution in [0.1, 0.15) is 19.2 Å². The first-order valence-electron chi connectivity index (χ1n) is 6.34. The SMILES string of the molecule is CC(C(=O)O)N(C)C(=O)CCc1nc(-c2ccco2)no1. The second-order valence-corrected chi connectivity index (χ2v) is 4.51. The van der Waals surface area contributed by atoms with Crippen LogP contribution in [0.2, 0.25) is 0 Å². The Balaban J connectivity index is 1.91. The summed E-state index contributed by atoms with van der Waals surface area (Å²) in [7, 11) is 1.45. The van der Waals surface area contributed by atoms with Gasteiger partial charge in [0.2, 0.25) is 17.6 Å². The van der Waals surface area contributed by atoms with E-state index in [4.69, 9.17) is 14.0 Å². The molecule has 8 nitrogen and oxygen atoms in total. The Morgan fingerprint density at radius 3 is 2.86 bits per heavy atom. The molecule has 0 fully saturated rings. The van der Waals surface area contributed by atoms with E-state index in [1.165, 1.54) is 25.1 Å². The van der Waals surface area contributed by atoms with E-state index in [1.54, 1.807) is 12.1 Å². The number of carbonyl (C=O) groups is 2.